The standard InChI is InChI=1S/C14H18N4O2/c1-14(2,8-9-19)15-13(20)12-10-18(17-16-12)11-6-4-3-5-7-11/h3-7,10,19H,8-9H2,1-2H3,(H,15,20). The first-order valence-electron chi connectivity index (χ1n) is 6.43. The second kappa shape index (κ2) is 5.83. The summed E-state index contributed by atoms with van der Waals surface area (Å²) in [5, 5.41) is 19.6. The van der Waals surface area contributed by atoms with E-state index in [1.165, 1.54) is 0 Å². The van der Waals surface area contributed by atoms with E-state index in [0.717, 1.165) is 5.69 Å². The highest BCUT2D eigenvalue weighted by Gasteiger charge is 2.22. The van der Waals surface area contributed by atoms with E-state index in [2.05, 4.69) is 15.6 Å². The molecule has 0 atom stereocenters. The van der Waals surface area contributed by atoms with E-state index in [1.54, 1.807) is 10.9 Å². The summed E-state index contributed by atoms with van der Waals surface area (Å²) < 4.78 is 1.55. The van der Waals surface area contributed by atoms with E-state index in [-0.39, 0.29) is 18.2 Å². The Morgan fingerprint density at radius 2 is 2.05 bits per heavy atom. The number of para-hydroxylation sites is 1. The van der Waals surface area contributed by atoms with Gasteiger partial charge in [-0.25, -0.2) is 4.68 Å². The smallest absolute Gasteiger partial charge is 0.273 e. The highest BCUT2D eigenvalue weighted by Crippen LogP contribution is 2.10. The molecule has 1 amide bonds. The Labute approximate surface area is 117 Å². The Morgan fingerprint density at radius 3 is 2.70 bits per heavy atom. The van der Waals surface area contributed by atoms with E-state index < -0.39 is 5.54 Å². The predicted octanol–water partition coefficient (Wildman–Crippen LogP) is 1.16. The average Bonchev–Trinajstić information content (AvgIpc) is 2.88. The van der Waals surface area contributed by atoms with Crippen molar-refractivity contribution < 1.29 is 9.90 Å². The zero-order valence-electron chi connectivity index (χ0n) is 11.6. The molecule has 6 heteroatoms. The van der Waals surface area contributed by atoms with Crippen LogP contribution in [-0.4, -0.2) is 38.2 Å². The third kappa shape index (κ3) is 3.42. The lowest BCUT2D eigenvalue weighted by molar-refractivity contribution is 0.0894. The Kier molecular flexibility index (Phi) is 4.14. The number of rotatable bonds is 5. The maximum absolute atomic E-state index is 12.1. The minimum absolute atomic E-state index is 0.0178. The van der Waals surface area contributed by atoms with Crippen molar-refractivity contribution in [1.29, 1.82) is 0 Å². The number of benzene rings is 1. The average molecular weight is 274 g/mol. The zero-order valence-corrected chi connectivity index (χ0v) is 11.6. The van der Waals surface area contributed by atoms with Crippen LogP contribution in [0.25, 0.3) is 5.69 Å². The highest BCUT2D eigenvalue weighted by molar-refractivity contribution is 5.92. The van der Waals surface area contributed by atoms with Gasteiger partial charge in [0.2, 0.25) is 0 Å². The van der Waals surface area contributed by atoms with Gasteiger partial charge in [0.25, 0.3) is 5.91 Å². The minimum Gasteiger partial charge on any atom is -0.396 e. The predicted molar refractivity (Wildman–Crippen MR) is 74.6 cm³/mol. The van der Waals surface area contributed by atoms with Crippen LogP contribution in [0.1, 0.15) is 30.8 Å². The molecule has 0 bridgehead atoms. The van der Waals surface area contributed by atoms with Crippen molar-refractivity contribution in [3.05, 3.63) is 42.2 Å². The molecule has 2 N–H and O–H groups in total. The second-order valence-corrected chi connectivity index (χ2v) is 5.20. The molecule has 0 aliphatic rings. The van der Waals surface area contributed by atoms with Crippen LogP contribution in [0.5, 0.6) is 0 Å². The summed E-state index contributed by atoms with van der Waals surface area (Å²) in [6.07, 6.45) is 2.06. The number of carbonyl (C=O) groups excluding carboxylic acids is 1. The largest absolute Gasteiger partial charge is 0.396 e. The van der Waals surface area contributed by atoms with E-state index >= 15 is 0 Å². The fourth-order valence-electron chi connectivity index (χ4n) is 1.79. The van der Waals surface area contributed by atoms with E-state index in [0.29, 0.717) is 6.42 Å². The first kappa shape index (κ1) is 14.2. The number of aromatic nitrogens is 3. The molecule has 0 saturated carbocycles. The Hall–Kier alpha value is -2.21. The van der Waals surface area contributed by atoms with Crippen LogP contribution in [0.4, 0.5) is 0 Å². The molecule has 0 saturated heterocycles. The molecule has 1 aromatic heterocycles. The summed E-state index contributed by atoms with van der Waals surface area (Å²) in [7, 11) is 0. The topological polar surface area (TPSA) is 80.0 Å². The summed E-state index contributed by atoms with van der Waals surface area (Å²) >= 11 is 0. The van der Waals surface area contributed by atoms with Crippen molar-refractivity contribution in [2.45, 2.75) is 25.8 Å². The van der Waals surface area contributed by atoms with Gasteiger partial charge in [-0.1, -0.05) is 23.4 Å². The molecule has 1 heterocycles. The van der Waals surface area contributed by atoms with Crippen molar-refractivity contribution in [2.24, 2.45) is 0 Å². The first-order chi connectivity index (χ1) is 9.52. The molecule has 2 rings (SSSR count). The number of nitrogens with zero attached hydrogens (tertiary/aromatic N) is 3. The van der Waals surface area contributed by atoms with Crippen LogP contribution >= 0.6 is 0 Å². The van der Waals surface area contributed by atoms with Gasteiger partial charge < -0.3 is 10.4 Å². The maximum atomic E-state index is 12.1. The van der Waals surface area contributed by atoms with Crippen LogP contribution in [0.3, 0.4) is 0 Å². The molecule has 0 aliphatic heterocycles. The van der Waals surface area contributed by atoms with Crippen LogP contribution in [0.15, 0.2) is 36.5 Å². The van der Waals surface area contributed by atoms with Gasteiger partial charge in [0.1, 0.15) is 0 Å². The molecule has 1 aromatic carbocycles. The number of hydrogen-bond acceptors (Lipinski definition) is 4. The third-order valence-corrected chi connectivity index (χ3v) is 2.94. The molecule has 0 fully saturated rings. The molecule has 0 radical (unpaired) electrons. The Balaban J connectivity index is 2.11. The van der Waals surface area contributed by atoms with Gasteiger partial charge in [-0.2, -0.15) is 0 Å². The zero-order chi connectivity index (χ0) is 14.6. The van der Waals surface area contributed by atoms with Crippen LogP contribution in [0, 0.1) is 0 Å². The van der Waals surface area contributed by atoms with Crippen molar-refractivity contribution in [1.82, 2.24) is 20.3 Å². The molecule has 0 spiro atoms. The van der Waals surface area contributed by atoms with Gasteiger partial charge in [-0.3, -0.25) is 4.79 Å². The summed E-state index contributed by atoms with van der Waals surface area (Å²) in [4.78, 5) is 12.1. The van der Waals surface area contributed by atoms with Crippen molar-refractivity contribution in [3.8, 4) is 5.69 Å². The molecule has 0 aliphatic carbocycles. The summed E-state index contributed by atoms with van der Waals surface area (Å²) in [6.45, 7) is 3.72. The van der Waals surface area contributed by atoms with Gasteiger partial charge in [0.05, 0.1) is 11.9 Å². The fourth-order valence-corrected chi connectivity index (χ4v) is 1.79. The third-order valence-electron chi connectivity index (χ3n) is 2.94. The second-order valence-electron chi connectivity index (χ2n) is 5.20. The van der Waals surface area contributed by atoms with Crippen molar-refractivity contribution >= 4 is 5.91 Å². The lowest BCUT2D eigenvalue weighted by Crippen LogP contribution is -2.44. The summed E-state index contributed by atoms with van der Waals surface area (Å²) in [6, 6.07) is 9.45. The lowest BCUT2D eigenvalue weighted by Gasteiger charge is -2.24. The number of hydrogen-bond donors (Lipinski definition) is 2. The van der Waals surface area contributed by atoms with Gasteiger partial charge in [0.15, 0.2) is 5.69 Å². The Morgan fingerprint density at radius 1 is 1.35 bits per heavy atom. The lowest BCUT2D eigenvalue weighted by atomic mass is 10.0. The van der Waals surface area contributed by atoms with Crippen molar-refractivity contribution in [3.63, 3.8) is 0 Å². The number of aliphatic hydroxyl groups is 1. The quantitative estimate of drug-likeness (QED) is 0.857. The SMILES string of the molecule is CC(C)(CCO)NC(=O)c1cn(-c2ccccc2)nn1. The fraction of sp³-hybridized carbons (Fsp3) is 0.357. The van der Waals surface area contributed by atoms with Gasteiger partial charge in [-0.05, 0) is 32.4 Å². The number of nitrogens with one attached hydrogen (secondary N) is 1. The van der Waals surface area contributed by atoms with Gasteiger partial charge in [0, 0.05) is 12.1 Å². The Bertz CT molecular complexity index is 578. The van der Waals surface area contributed by atoms with Crippen molar-refractivity contribution in [2.75, 3.05) is 6.61 Å². The molecule has 20 heavy (non-hydrogen) atoms. The monoisotopic (exact) mass is 274 g/mol. The number of carbonyl (C=O) groups is 1. The molecular formula is C14H18N4O2. The molecular weight excluding hydrogens is 256 g/mol. The van der Waals surface area contributed by atoms with Crippen LogP contribution in [0.2, 0.25) is 0 Å². The van der Waals surface area contributed by atoms with Crippen LogP contribution < -0.4 is 5.32 Å². The molecule has 2 aromatic rings. The number of amides is 1. The maximum Gasteiger partial charge on any atom is 0.273 e. The number of aliphatic hydroxyl groups excluding tert-OH is 1. The summed E-state index contributed by atoms with van der Waals surface area (Å²) in [5.74, 6) is -0.300. The van der Waals surface area contributed by atoms with E-state index in [1.807, 2.05) is 44.2 Å². The minimum atomic E-state index is -0.484. The molecule has 0 unspecified atom stereocenters. The summed E-state index contributed by atoms with van der Waals surface area (Å²) in [5.41, 5.74) is 0.607. The molecule has 106 valence electrons. The highest BCUT2D eigenvalue weighted by atomic mass is 16.3. The molecule has 6 nitrogen and oxygen atoms in total. The first-order valence-corrected chi connectivity index (χ1v) is 6.43. The van der Waals surface area contributed by atoms with Gasteiger partial charge >= 0.3 is 0 Å². The van der Waals surface area contributed by atoms with E-state index in [4.69, 9.17) is 5.11 Å². The van der Waals surface area contributed by atoms with E-state index in [9.17, 15) is 4.79 Å². The van der Waals surface area contributed by atoms with Gasteiger partial charge in [-0.15, -0.1) is 5.10 Å². The van der Waals surface area contributed by atoms with Crippen LogP contribution in [-0.2, 0) is 0 Å². The normalized spacial score (nSPS) is 11.3.